The lowest BCUT2D eigenvalue weighted by Crippen LogP contribution is -2.28. The van der Waals surface area contributed by atoms with Crippen molar-refractivity contribution in [3.63, 3.8) is 0 Å². The zero-order chi connectivity index (χ0) is 18.7. The summed E-state index contributed by atoms with van der Waals surface area (Å²) < 4.78 is 34.3. The SMILES string of the molecule is CS(=O)(=O)CCn1cccc(NC(=O)Cc2ccc3c(c2)OCO3)c1=O. The summed E-state index contributed by atoms with van der Waals surface area (Å²) in [6.45, 7) is 0.186. The van der Waals surface area contributed by atoms with Crippen molar-refractivity contribution >= 4 is 21.4 Å². The van der Waals surface area contributed by atoms with Crippen molar-refractivity contribution in [1.29, 1.82) is 0 Å². The molecule has 0 atom stereocenters. The van der Waals surface area contributed by atoms with E-state index in [4.69, 9.17) is 9.47 Å². The van der Waals surface area contributed by atoms with Crippen LogP contribution in [0.1, 0.15) is 5.56 Å². The first kappa shape index (κ1) is 18.0. The van der Waals surface area contributed by atoms with Gasteiger partial charge < -0.3 is 19.4 Å². The molecule has 0 fully saturated rings. The third-order valence-electron chi connectivity index (χ3n) is 3.80. The molecule has 0 radical (unpaired) electrons. The number of nitrogens with zero attached hydrogens (tertiary/aromatic N) is 1. The number of carbonyl (C=O) groups excluding carboxylic acids is 1. The van der Waals surface area contributed by atoms with Gasteiger partial charge in [0, 0.05) is 19.0 Å². The largest absolute Gasteiger partial charge is 0.454 e. The zero-order valence-electron chi connectivity index (χ0n) is 14.1. The molecule has 0 saturated heterocycles. The van der Waals surface area contributed by atoms with Gasteiger partial charge in [0.2, 0.25) is 12.7 Å². The highest BCUT2D eigenvalue weighted by Crippen LogP contribution is 2.32. The molecule has 1 aliphatic heterocycles. The Morgan fingerprint density at radius 1 is 1.23 bits per heavy atom. The number of rotatable bonds is 6. The molecule has 1 aliphatic rings. The van der Waals surface area contributed by atoms with E-state index in [0.717, 1.165) is 11.8 Å². The first-order valence-corrected chi connectivity index (χ1v) is 9.93. The lowest BCUT2D eigenvalue weighted by atomic mass is 10.1. The van der Waals surface area contributed by atoms with E-state index in [9.17, 15) is 18.0 Å². The van der Waals surface area contributed by atoms with E-state index in [1.807, 2.05) is 0 Å². The molecule has 8 nitrogen and oxygen atoms in total. The van der Waals surface area contributed by atoms with Gasteiger partial charge in [-0.2, -0.15) is 0 Å². The van der Waals surface area contributed by atoms with Crippen LogP contribution in [0.25, 0.3) is 0 Å². The molecule has 0 aliphatic carbocycles. The Balaban J connectivity index is 1.68. The molecule has 1 aromatic heterocycles. The van der Waals surface area contributed by atoms with Crippen molar-refractivity contribution in [3.05, 3.63) is 52.4 Å². The lowest BCUT2D eigenvalue weighted by molar-refractivity contribution is -0.115. The van der Waals surface area contributed by atoms with Crippen molar-refractivity contribution in [2.45, 2.75) is 13.0 Å². The summed E-state index contributed by atoms with van der Waals surface area (Å²) in [7, 11) is -3.19. The molecular formula is C17H18N2O6S. The lowest BCUT2D eigenvalue weighted by Gasteiger charge is -2.09. The van der Waals surface area contributed by atoms with Gasteiger partial charge in [-0.25, -0.2) is 8.42 Å². The number of ether oxygens (including phenoxy) is 2. The maximum Gasteiger partial charge on any atom is 0.274 e. The number of sulfone groups is 1. The highest BCUT2D eigenvalue weighted by atomic mass is 32.2. The summed E-state index contributed by atoms with van der Waals surface area (Å²) in [5.74, 6) is 0.701. The van der Waals surface area contributed by atoms with Crippen molar-refractivity contribution in [2.24, 2.45) is 0 Å². The average Bonchev–Trinajstić information content (AvgIpc) is 3.02. The van der Waals surface area contributed by atoms with E-state index >= 15 is 0 Å². The molecule has 2 heterocycles. The molecule has 1 aromatic carbocycles. The molecular weight excluding hydrogens is 360 g/mol. The minimum absolute atomic E-state index is 0.0313. The van der Waals surface area contributed by atoms with Crippen LogP contribution in [0.4, 0.5) is 5.69 Å². The molecule has 1 N–H and O–H groups in total. The monoisotopic (exact) mass is 378 g/mol. The molecule has 9 heteroatoms. The van der Waals surface area contributed by atoms with E-state index in [-0.39, 0.29) is 37.1 Å². The highest BCUT2D eigenvalue weighted by molar-refractivity contribution is 7.90. The number of nitrogens with one attached hydrogen (secondary N) is 1. The van der Waals surface area contributed by atoms with Gasteiger partial charge in [0.25, 0.3) is 5.56 Å². The summed E-state index contributed by atoms with van der Waals surface area (Å²) in [4.78, 5) is 24.6. The normalized spacial score (nSPS) is 12.8. The number of carbonyl (C=O) groups is 1. The van der Waals surface area contributed by atoms with Crippen LogP contribution in [0, 0.1) is 0 Å². The van der Waals surface area contributed by atoms with Crippen LogP contribution in [-0.2, 0) is 27.6 Å². The Hall–Kier alpha value is -2.81. The second kappa shape index (κ2) is 7.20. The Morgan fingerprint density at radius 2 is 2.00 bits per heavy atom. The van der Waals surface area contributed by atoms with Crippen LogP contribution in [0.15, 0.2) is 41.3 Å². The summed E-state index contributed by atoms with van der Waals surface area (Å²) in [5, 5.41) is 2.57. The second-order valence-electron chi connectivity index (χ2n) is 5.96. The van der Waals surface area contributed by atoms with Gasteiger partial charge in [0.05, 0.1) is 12.2 Å². The molecule has 26 heavy (non-hydrogen) atoms. The molecule has 3 rings (SSSR count). The third-order valence-corrected chi connectivity index (χ3v) is 4.72. The zero-order valence-corrected chi connectivity index (χ0v) is 14.9. The number of benzene rings is 1. The topological polar surface area (TPSA) is 104 Å². The number of hydrogen-bond donors (Lipinski definition) is 1. The predicted molar refractivity (Wildman–Crippen MR) is 95.3 cm³/mol. The van der Waals surface area contributed by atoms with Crippen molar-refractivity contribution in [2.75, 3.05) is 24.1 Å². The van der Waals surface area contributed by atoms with Crippen LogP contribution in [0.5, 0.6) is 11.5 Å². The second-order valence-corrected chi connectivity index (χ2v) is 8.22. The molecule has 2 aromatic rings. The van der Waals surface area contributed by atoms with Crippen molar-refractivity contribution in [1.82, 2.24) is 4.57 Å². The predicted octanol–water partition coefficient (Wildman–Crippen LogP) is 0.803. The van der Waals surface area contributed by atoms with Crippen molar-refractivity contribution in [3.8, 4) is 11.5 Å². The van der Waals surface area contributed by atoms with Crippen LogP contribution < -0.4 is 20.3 Å². The van der Waals surface area contributed by atoms with Gasteiger partial charge in [-0.05, 0) is 29.8 Å². The molecule has 0 saturated carbocycles. The minimum atomic E-state index is -3.19. The van der Waals surface area contributed by atoms with E-state index in [2.05, 4.69) is 5.32 Å². The number of aromatic nitrogens is 1. The Kier molecular flexibility index (Phi) is 4.99. The number of anilines is 1. The van der Waals surface area contributed by atoms with Crippen LogP contribution in [-0.4, -0.2) is 37.7 Å². The van der Waals surface area contributed by atoms with Gasteiger partial charge in [0.15, 0.2) is 11.5 Å². The minimum Gasteiger partial charge on any atom is -0.454 e. The van der Waals surface area contributed by atoms with Crippen molar-refractivity contribution < 1.29 is 22.7 Å². The highest BCUT2D eigenvalue weighted by Gasteiger charge is 2.15. The molecule has 138 valence electrons. The molecule has 0 unspecified atom stereocenters. The van der Waals surface area contributed by atoms with Gasteiger partial charge in [0.1, 0.15) is 15.5 Å². The fraction of sp³-hybridized carbons (Fsp3) is 0.294. The first-order chi connectivity index (χ1) is 12.3. The van der Waals surface area contributed by atoms with Crippen LogP contribution in [0.2, 0.25) is 0 Å². The van der Waals surface area contributed by atoms with E-state index in [1.165, 1.54) is 16.8 Å². The fourth-order valence-corrected chi connectivity index (χ4v) is 3.03. The van der Waals surface area contributed by atoms with Gasteiger partial charge >= 0.3 is 0 Å². The number of amides is 1. The quantitative estimate of drug-likeness (QED) is 0.798. The Labute approximate surface area is 150 Å². The average molecular weight is 378 g/mol. The fourth-order valence-electron chi connectivity index (χ4n) is 2.50. The van der Waals surface area contributed by atoms with E-state index in [0.29, 0.717) is 11.5 Å². The van der Waals surface area contributed by atoms with Crippen LogP contribution in [0.3, 0.4) is 0 Å². The van der Waals surface area contributed by atoms with Gasteiger partial charge in [-0.1, -0.05) is 6.07 Å². The maximum absolute atomic E-state index is 12.3. The molecule has 0 bridgehead atoms. The third kappa shape index (κ3) is 4.42. The van der Waals surface area contributed by atoms with Gasteiger partial charge in [-0.15, -0.1) is 0 Å². The molecule has 1 amide bonds. The summed E-state index contributed by atoms with van der Waals surface area (Å²) >= 11 is 0. The number of pyridine rings is 1. The first-order valence-electron chi connectivity index (χ1n) is 7.87. The van der Waals surface area contributed by atoms with Crippen LogP contribution >= 0.6 is 0 Å². The Morgan fingerprint density at radius 3 is 2.77 bits per heavy atom. The number of fused-ring (bicyclic) bond motifs is 1. The number of aryl methyl sites for hydroxylation is 1. The molecule has 0 spiro atoms. The summed E-state index contributed by atoms with van der Waals surface area (Å²) in [5.41, 5.74) is 0.377. The smallest absolute Gasteiger partial charge is 0.274 e. The van der Waals surface area contributed by atoms with E-state index in [1.54, 1.807) is 24.3 Å². The van der Waals surface area contributed by atoms with Gasteiger partial charge in [-0.3, -0.25) is 9.59 Å². The number of hydrogen-bond acceptors (Lipinski definition) is 6. The summed E-state index contributed by atoms with van der Waals surface area (Å²) in [6.07, 6.45) is 2.66. The maximum atomic E-state index is 12.3. The summed E-state index contributed by atoms with van der Waals surface area (Å²) in [6, 6.07) is 8.27. The Bertz CT molecular complexity index is 997. The standard InChI is InChI=1S/C17H18N2O6S/c1-26(22,23)8-7-19-6-2-3-13(17(19)21)18-16(20)10-12-4-5-14-15(9-12)25-11-24-14/h2-6,9H,7-8,10-11H2,1H3,(H,18,20). The van der Waals surface area contributed by atoms with E-state index < -0.39 is 15.4 Å².